The van der Waals surface area contributed by atoms with Crippen molar-refractivity contribution in [1.29, 1.82) is 0 Å². The number of benzene rings is 2. The smallest absolute Gasteiger partial charge is 0.165 e. The van der Waals surface area contributed by atoms with Crippen molar-refractivity contribution in [3.63, 3.8) is 0 Å². The summed E-state index contributed by atoms with van der Waals surface area (Å²) in [5, 5.41) is 0. The molecule has 1 nitrogen and oxygen atoms in total. The molecule has 0 saturated heterocycles. The first kappa shape index (κ1) is 12.5. The van der Waals surface area contributed by atoms with Crippen LogP contribution in [0.3, 0.4) is 0 Å². The Hall–Kier alpha value is -1.96. The van der Waals surface area contributed by atoms with Gasteiger partial charge in [-0.05, 0) is 24.1 Å². The Bertz CT molecular complexity index is 517. The van der Waals surface area contributed by atoms with Gasteiger partial charge in [-0.25, -0.2) is 4.39 Å². The third-order valence-corrected chi connectivity index (χ3v) is 2.96. The van der Waals surface area contributed by atoms with Gasteiger partial charge >= 0.3 is 0 Å². The molecule has 0 aliphatic rings. The molecule has 0 fully saturated rings. The Morgan fingerprint density at radius 3 is 2.28 bits per heavy atom. The monoisotopic (exact) mass is 242 g/mol. The molecule has 1 atom stereocenters. The number of carbonyl (C=O) groups excluding carboxylic acids is 1. The quantitative estimate of drug-likeness (QED) is 0.743. The molecule has 0 aliphatic carbocycles. The summed E-state index contributed by atoms with van der Waals surface area (Å²) in [4.78, 5) is 12.1. The van der Waals surface area contributed by atoms with Crippen LogP contribution in [-0.4, -0.2) is 5.78 Å². The van der Waals surface area contributed by atoms with Crippen molar-refractivity contribution in [2.24, 2.45) is 5.92 Å². The van der Waals surface area contributed by atoms with Crippen molar-refractivity contribution >= 4 is 5.78 Å². The van der Waals surface area contributed by atoms with E-state index in [9.17, 15) is 9.18 Å². The van der Waals surface area contributed by atoms with Gasteiger partial charge in [0, 0.05) is 11.5 Å². The molecule has 0 spiro atoms. The molecule has 2 aromatic carbocycles. The van der Waals surface area contributed by atoms with Gasteiger partial charge < -0.3 is 0 Å². The van der Waals surface area contributed by atoms with Crippen LogP contribution in [0.4, 0.5) is 4.39 Å². The van der Waals surface area contributed by atoms with Gasteiger partial charge in [0.15, 0.2) is 5.78 Å². The van der Waals surface area contributed by atoms with Gasteiger partial charge in [-0.2, -0.15) is 0 Å². The van der Waals surface area contributed by atoms with Gasteiger partial charge in [-0.3, -0.25) is 4.79 Å². The second-order valence-electron chi connectivity index (χ2n) is 4.46. The number of rotatable bonds is 4. The first-order valence-electron chi connectivity index (χ1n) is 6.00. The average molecular weight is 242 g/mol. The van der Waals surface area contributed by atoms with E-state index in [0.29, 0.717) is 6.42 Å². The van der Waals surface area contributed by atoms with E-state index in [2.05, 4.69) is 0 Å². The van der Waals surface area contributed by atoms with Gasteiger partial charge in [0.2, 0.25) is 0 Å². The predicted molar refractivity (Wildman–Crippen MR) is 70.0 cm³/mol. The van der Waals surface area contributed by atoms with Crippen LogP contribution in [0.15, 0.2) is 54.6 Å². The lowest BCUT2D eigenvalue weighted by Gasteiger charge is -2.10. The molecule has 0 saturated carbocycles. The molecule has 0 amide bonds. The molecule has 0 heterocycles. The highest BCUT2D eigenvalue weighted by Gasteiger charge is 2.15. The molecular formula is C16H15FO. The fourth-order valence-electron chi connectivity index (χ4n) is 1.95. The van der Waals surface area contributed by atoms with E-state index in [-0.39, 0.29) is 17.5 Å². The van der Waals surface area contributed by atoms with E-state index in [1.54, 1.807) is 12.1 Å². The van der Waals surface area contributed by atoms with E-state index in [4.69, 9.17) is 0 Å². The minimum absolute atomic E-state index is 0.0992. The number of ketones is 1. The lowest BCUT2D eigenvalue weighted by atomic mass is 9.93. The maximum Gasteiger partial charge on any atom is 0.165 e. The summed E-state index contributed by atoms with van der Waals surface area (Å²) in [6.45, 7) is 1.90. The fourth-order valence-corrected chi connectivity index (χ4v) is 1.95. The van der Waals surface area contributed by atoms with Crippen LogP contribution in [0.25, 0.3) is 0 Å². The second kappa shape index (κ2) is 5.58. The highest BCUT2D eigenvalue weighted by atomic mass is 19.1. The topological polar surface area (TPSA) is 17.1 Å². The molecule has 2 heteroatoms. The molecule has 0 aromatic heterocycles. The molecule has 0 N–H and O–H groups in total. The summed E-state index contributed by atoms with van der Waals surface area (Å²) < 4.78 is 12.8. The molecule has 18 heavy (non-hydrogen) atoms. The van der Waals surface area contributed by atoms with Gasteiger partial charge in [0.1, 0.15) is 5.82 Å². The van der Waals surface area contributed by atoms with E-state index in [1.807, 2.05) is 37.3 Å². The van der Waals surface area contributed by atoms with Crippen LogP contribution in [0.5, 0.6) is 0 Å². The van der Waals surface area contributed by atoms with Crippen LogP contribution in [0.1, 0.15) is 22.8 Å². The Balaban J connectivity index is 2.06. The summed E-state index contributed by atoms with van der Waals surface area (Å²) in [6.07, 6.45) is 0.633. The zero-order valence-corrected chi connectivity index (χ0v) is 10.3. The molecular weight excluding hydrogens is 227 g/mol. The van der Waals surface area contributed by atoms with Crippen molar-refractivity contribution in [2.45, 2.75) is 13.3 Å². The van der Waals surface area contributed by atoms with Crippen LogP contribution in [-0.2, 0) is 6.42 Å². The van der Waals surface area contributed by atoms with Crippen molar-refractivity contribution in [1.82, 2.24) is 0 Å². The van der Waals surface area contributed by atoms with Gasteiger partial charge in [-0.15, -0.1) is 0 Å². The average Bonchev–Trinajstić information content (AvgIpc) is 2.41. The number of hydrogen-bond acceptors (Lipinski definition) is 1. The molecule has 1 unspecified atom stereocenters. The lowest BCUT2D eigenvalue weighted by molar-refractivity contribution is 0.0929. The van der Waals surface area contributed by atoms with Crippen molar-refractivity contribution in [3.05, 3.63) is 71.5 Å². The highest BCUT2D eigenvalue weighted by Crippen LogP contribution is 2.14. The zero-order chi connectivity index (χ0) is 13.0. The van der Waals surface area contributed by atoms with Gasteiger partial charge in [0.25, 0.3) is 0 Å². The number of hydrogen-bond donors (Lipinski definition) is 0. The van der Waals surface area contributed by atoms with Crippen LogP contribution < -0.4 is 0 Å². The summed E-state index contributed by atoms with van der Waals surface area (Å²) in [5.41, 5.74) is 1.71. The van der Waals surface area contributed by atoms with Gasteiger partial charge in [-0.1, -0.05) is 49.4 Å². The third kappa shape index (κ3) is 3.04. The van der Waals surface area contributed by atoms with E-state index >= 15 is 0 Å². The summed E-state index contributed by atoms with van der Waals surface area (Å²) >= 11 is 0. The summed E-state index contributed by atoms with van der Waals surface area (Å²) in [5.74, 6) is -0.224. The lowest BCUT2D eigenvalue weighted by Crippen LogP contribution is -2.13. The molecule has 92 valence electrons. The standard InChI is InChI=1S/C16H15FO/c1-12(11-13-7-9-15(17)10-8-13)16(18)14-5-3-2-4-6-14/h2-10,12H,11H2,1H3. The van der Waals surface area contributed by atoms with Crippen LogP contribution in [0.2, 0.25) is 0 Å². The fraction of sp³-hybridized carbons (Fsp3) is 0.188. The number of halogens is 1. The molecule has 0 bridgehead atoms. The number of Topliss-reactive ketones (excluding diaryl/α,β-unsaturated/α-hetero) is 1. The molecule has 2 rings (SSSR count). The van der Waals surface area contributed by atoms with E-state index < -0.39 is 0 Å². The van der Waals surface area contributed by atoms with Crippen LogP contribution in [0, 0.1) is 11.7 Å². The van der Waals surface area contributed by atoms with Gasteiger partial charge in [0.05, 0.1) is 0 Å². The van der Waals surface area contributed by atoms with E-state index in [1.165, 1.54) is 12.1 Å². The normalized spacial score (nSPS) is 12.1. The Labute approximate surface area is 106 Å². The molecule has 0 aliphatic heterocycles. The maximum atomic E-state index is 12.8. The number of carbonyl (C=O) groups is 1. The summed E-state index contributed by atoms with van der Waals surface area (Å²) in [6, 6.07) is 15.6. The minimum atomic E-state index is -0.249. The largest absolute Gasteiger partial charge is 0.294 e. The van der Waals surface area contributed by atoms with Crippen LogP contribution >= 0.6 is 0 Å². The zero-order valence-electron chi connectivity index (χ0n) is 10.3. The highest BCUT2D eigenvalue weighted by molar-refractivity contribution is 5.97. The third-order valence-electron chi connectivity index (χ3n) is 2.96. The van der Waals surface area contributed by atoms with Crippen molar-refractivity contribution < 1.29 is 9.18 Å². The minimum Gasteiger partial charge on any atom is -0.294 e. The second-order valence-corrected chi connectivity index (χ2v) is 4.46. The SMILES string of the molecule is CC(Cc1ccc(F)cc1)C(=O)c1ccccc1. The van der Waals surface area contributed by atoms with E-state index in [0.717, 1.165) is 11.1 Å². The first-order chi connectivity index (χ1) is 8.66. The van der Waals surface area contributed by atoms with Crippen molar-refractivity contribution in [3.8, 4) is 0 Å². The molecule has 0 radical (unpaired) electrons. The Kier molecular flexibility index (Phi) is 3.88. The molecule has 2 aromatic rings. The first-order valence-corrected chi connectivity index (χ1v) is 6.00. The Morgan fingerprint density at radius 1 is 1.06 bits per heavy atom. The van der Waals surface area contributed by atoms with Crippen molar-refractivity contribution in [2.75, 3.05) is 0 Å². The summed E-state index contributed by atoms with van der Waals surface area (Å²) in [7, 11) is 0. The predicted octanol–water partition coefficient (Wildman–Crippen LogP) is 3.89. The Morgan fingerprint density at radius 2 is 1.67 bits per heavy atom. The maximum absolute atomic E-state index is 12.8.